The van der Waals surface area contributed by atoms with Gasteiger partial charge in [0.2, 0.25) is 5.91 Å². The number of β-lactam (4-membered cyclic amide) rings is 1. The van der Waals surface area contributed by atoms with Crippen molar-refractivity contribution in [1.29, 1.82) is 0 Å². The molecule has 1 unspecified atom stereocenters. The Morgan fingerprint density at radius 1 is 1.69 bits per heavy atom. The normalized spacial score (nSPS) is 30.3. The van der Waals surface area contributed by atoms with Crippen molar-refractivity contribution in [2.75, 3.05) is 0 Å². The Morgan fingerprint density at radius 2 is 2.23 bits per heavy atom. The quantitative estimate of drug-likeness (QED) is 0.499. The lowest BCUT2D eigenvalue weighted by Crippen LogP contribution is -2.66. The lowest BCUT2D eigenvalue weighted by Gasteiger charge is -2.46. The second-order valence-corrected chi connectivity index (χ2v) is 4.28. The van der Waals surface area contributed by atoms with E-state index in [-0.39, 0.29) is 23.3 Å². The van der Waals surface area contributed by atoms with Crippen molar-refractivity contribution in [3.05, 3.63) is 12.7 Å². The molecule has 1 aliphatic rings. The van der Waals surface area contributed by atoms with Crippen molar-refractivity contribution in [3.8, 4) is 0 Å². The van der Waals surface area contributed by atoms with Gasteiger partial charge in [-0.25, -0.2) is 0 Å². The molecular formula is C10H17NO2. The van der Waals surface area contributed by atoms with Crippen molar-refractivity contribution in [2.45, 2.75) is 32.9 Å². The van der Waals surface area contributed by atoms with Gasteiger partial charge in [0, 0.05) is 5.41 Å². The molecule has 1 aliphatic heterocycles. The summed E-state index contributed by atoms with van der Waals surface area (Å²) in [7, 11) is 0. The molecule has 3 heteroatoms. The number of amides is 1. The van der Waals surface area contributed by atoms with Crippen LogP contribution in [0.2, 0.25) is 0 Å². The van der Waals surface area contributed by atoms with Crippen LogP contribution in [0.25, 0.3) is 0 Å². The second kappa shape index (κ2) is 3.14. The molecule has 2 N–H and O–H groups in total. The van der Waals surface area contributed by atoms with Crippen LogP contribution in [-0.2, 0) is 4.79 Å². The maximum Gasteiger partial charge on any atom is 0.228 e. The Labute approximate surface area is 78.8 Å². The van der Waals surface area contributed by atoms with E-state index in [0.29, 0.717) is 0 Å². The summed E-state index contributed by atoms with van der Waals surface area (Å²) in [5.41, 5.74) is -0.157. The molecule has 0 saturated carbocycles. The van der Waals surface area contributed by atoms with Crippen molar-refractivity contribution < 1.29 is 9.90 Å². The average Bonchev–Trinajstić information content (AvgIpc) is 1.98. The van der Waals surface area contributed by atoms with E-state index in [1.54, 1.807) is 6.92 Å². The summed E-state index contributed by atoms with van der Waals surface area (Å²) >= 11 is 0. The van der Waals surface area contributed by atoms with Gasteiger partial charge in [-0.15, -0.1) is 6.58 Å². The summed E-state index contributed by atoms with van der Waals surface area (Å²) in [4.78, 5) is 11.1. The smallest absolute Gasteiger partial charge is 0.228 e. The lowest BCUT2D eigenvalue weighted by atomic mass is 9.70. The monoisotopic (exact) mass is 183 g/mol. The highest BCUT2D eigenvalue weighted by Gasteiger charge is 2.48. The van der Waals surface area contributed by atoms with Crippen LogP contribution in [0.15, 0.2) is 12.7 Å². The van der Waals surface area contributed by atoms with Crippen molar-refractivity contribution in [2.24, 2.45) is 11.3 Å². The van der Waals surface area contributed by atoms with Gasteiger partial charge in [-0.3, -0.25) is 4.79 Å². The van der Waals surface area contributed by atoms with E-state index in [1.165, 1.54) is 0 Å². The van der Waals surface area contributed by atoms with Gasteiger partial charge in [0.15, 0.2) is 0 Å². The highest BCUT2D eigenvalue weighted by atomic mass is 16.3. The predicted molar refractivity (Wildman–Crippen MR) is 51.1 cm³/mol. The number of hydrogen-bond acceptors (Lipinski definition) is 2. The molecule has 1 saturated heterocycles. The molecule has 1 fully saturated rings. The fourth-order valence-corrected chi connectivity index (χ4v) is 1.67. The highest BCUT2D eigenvalue weighted by molar-refractivity contribution is 5.86. The van der Waals surface area contributed by atoms with Crippen LogP contribution in [0.5, 0.6) is 0 Å². The Morgan fingerprint density at radius 3 is 2.54 bits per heavy atom. The molecule has 0 bridgehead atoms. The van der Waals surface area contributed by atoms with Gasteiger partial charge < -0.3 is 10.4 Å². The lowest BCUT2D eigenvalue weighted by molar-refractivity contribution is -0.144. The summed E-state index contributed by atoms with van der Waals surface area (Å²) in [6.07, 6.45) is 1.23. The first-order chi connectivity index (χ1) is 5.90. The molecule has 0 radical (unpaired) electrons. The zero-order valence-corrected chi connectivity index (χ0v) is 8.37. The topological polar surface area (TPSA) is 49.3 Å². The predicted octanol–water partition coefficient (Wildman–Crippen LogP) is 0.694. The minimum absolute atomic E-state index is 0.0116. The molecule has 1 rings (SSSR count). The molecular weight excluding hydrogens is 166 g/mol. The standard InChI is InChI=1S/C10H17NO2/c1-5-10(3,4)8-7(6(2)12)9(13)11-8/h5-8,12H,1H2,2-4H3,(H,11,13)/t6?,7-,8-/m0/s1. The molecule has 13 heavy (non-hydrogen) atoms. The number of carbonyl (C=O) groups is 1. The van der Waals surface area contributed by atoms with Crippen LogP contribution in [0.1, 0.15) is 20.8 Å². The molecule has 0 aromatic heterocycles. The molecule has 3 nitrogen and oxygen atoms in total. The zero-order valence-electron chi connectivity index (χ0n) is 8.37. The van der Waals surface area contributed by atoms with Crippen molar-refractivity contribution in [1.82, 2.24) is 5.32 Å². The molecule has 0 aliphatic carbocycles. The van der Waals surface area contributed by atoms with Crippen LogP contribution in [0, 0.1) is 11.3 Å². The maximum atomic E-state index is 11.1. The second-order valence-electron chi connectivity index (χ2n) is 4.28. The maximum absolute atomic E-state index is 11.1. The van der Waals surface area contributed by atoms with Crippen LogP contribution in [0.3, 0.4) is 0 Å². The van der Waals surface area contributed by atoms with Crippen molar-refractivity contribution in [3.63, 3.8) is 0 Å². The van der Waals surface area contributed by atoms with E-state index in [0.717, 1.165) is 0 Å². The Balaban J connectivity index is 2.75. The van der Waals surface area contributed by atoms with E-state index < -0.39 is 6.10 Å². The summed E-state index contributed by atoms with van der Waals surface area (Å²) in [6, 6.07) is 0.0116. The molecule has 0 aromatic rings. The summed E-state index contributed by atoms with van der Waals surface area (Å²) < 4.78 is 0. The Kier molecular flexibility index (Phi) is 2.48. The number of aliphatic hydroxyl groups is 1. The minimum Gasteiger partial charge on any atom is -0.393 e. The minimum atomic E-state index is -0.585. The van der Waals surface area contributed by atoms with E-state index >= 15 is 0 Å². The SMILES string of the molecule is C=CC(C)(C)[C@H]1NC(=O)[C@H]1C(C)O. The third-order valence-electron chi connectivity index (χ3n) is 2.81. The molecule has 1 amide bonds. The van der Waals surface area contributed by atoms with Crippen LogP contribution >= 0.6 is 0 Å². The summed E-state index contributed by atoms with van der Waals surface area (Å²) in [6.45, 7) is 9.37. The van der Waals surface area contributed by atoms with Crippen LogP contribution in [0.4, 0.5) is 0 Å². The number of carbonyl (C=O) groups excluding carboxylic acids is 1. The first-order valence-corrected chi connectivity index (χ1v) is 4.52. The third-order valence-corrected chi connectivity index (χ3v) is 2.81. The van der Waals surface area contributed by atoms with E-state index in [1.807, 2.05) is 19.9 Å². The zero-order chi connectivity index (χ0) is 10.2. The largest absolute Gasteiger partial charge is 0.393 e. The number of hydrogen-bond donors (Lipinski definition) is 2. The molecule has 0 spiro atoms. The van der Waals surface area contributed by atoms with Crippen LogP contribution in [-0.4, -0.2) is 23.2 Å². The molecule has 74 valence electrons. The van der Waals surface area contributed by atoms with Gasteiger partial charge in [-0.2, -0.15) is 0 Å². The summed E-state index contributed by atoms with van der Waals surface area (Å²) in [5.74, 6) is -0.345. The van der Waals surface area contributed by atoms with E-state index in [2.05, 4.69) is 11.9 Å². The molecule has 0 aromatic carbocycles. The Hall–Kier alpha value is -0.830. The number of rotatable bonds is 3. The number of nitrogens with one attached hydrogen (secondary N) is 1. The van der Waals surface area contributed by atoms with Gasteiger partial charge in [0.25, 0.3) is 0 Å². The van der Waals surface area contributed by atoms with Gasteiger partial charge >= 0.3 is 0 Å². The fraction of sp³-hybridized carbons (Fsp3) is 0.700. The van der Waals surface area contributed by atoms with Gasteiger partial charge in [-0.1, -0.05) is 19.9 Å². The average molecular weight is 183 g/mol. The Bertz CT molecular complexity index is 233. The van der Waals surface area contributed by atoms with Crippen molar-refractivity contribution >= 4 is 5.91 Å². The van der Waals surface area contributed by atoms with Gasteiger partial charge in [-0.05, 0) is 6.92 Å². The third kappa shape index (κ3) is 1.61. The first-order valence-electron chi connectivity index (χ1n) is 4.52. The highest BCUT2D eigenvalue weighted by Crippen LogP contribution is 2.34. The van der Waals surface area contributed by atoms with Crippen LogP contribution < -0.4 is 5.32 Å². The fourth-order valence-electron chi connectivity index (χ4n) is 1.67. The summed E-state index contributed by atoms with van der Waals surface area (Å²) in [5, 5.41) is 12.2. The van der Waals surface area contributed by atoms with Gasteiger partial charge in [0.05, 0.1) is 18.1 Å². The number of aliphatic hydroxyl groups excluding tert-OH is 1. The van der Waals surface area contributed by atoms with Gasteiger partial charge in [0.1, 0.15) is 0 Å². The molecule has 3 atom stereocenters. The van der Waals surface area contributed by atoms with E-state index in [9.17, 15) is 9.90 Å². The van der Waals surface area contributed by atoms with E-state index in [4.69, 9.17) is 0 Å². The molecule has 1 heterocycles. The first kappa shape index (κ1) is 10.3.